The lowest BCUT2D eigenvalue weighted by atomic mass is 10.0. The summed E-state index contributed by atoms with van der Waals surface area (Å²) in [6.07, 6.45) is 1.15. The molecule has 0 radical (unpaired) electrons. The van der Waals surface area contributed by atoms with Crippen molar-refractivity contribution in [3.8, 4) is 0 Å². The van der Waals surface area contributed by atoms with Crippen LogP contribution in [0.4, 0.5) is 10.1 Å². The van der Waals surface area contributed by atoms with Crippen LogP contribution in [-0.4, -0.2) is 13.4 Å². The number of rotatable bonds is 3. The van der Waals surface area contributed by atoms with Crippen molar-refractivity contribution in [2.24, 2.45) is 0 Å². The molecule has 21 heavy (non-hydrogen) atoms. The second kappa shape index (κ2) is 5.44. The van der Waals surface area contributed by atoms with E-state index in [-0.39, 0.29) is 10.6 Å². The fourth-order valence-corrected chi connectivity index (χ4v) is 3.89. The number of nitrogens with one attached hydrogen (secondary N) is 1. The van der Waals surface area contributed by atoms with Gasteiger partial charge < -0.3 is 0 Å². The number of halogens is 1. The number of hydrogen-bond donors (Lipinski definition) is 1. The molecule has 6 heteroatoms. The molecule has 0 unspecified atom stereocenters. The summed E-state index contributed by atoms with van der Waals surface area (Å²) in [5.74, 6) is -0.656. The van der Waals surface area contributed by atoms with Gasteiger partial charge in [0.2, 0.25) is 5.95 Å². The van der Waals surface area contributed by atoms with Gasteiger partial charge in [-0.3, -0.25) is 4.72 Å². The van der Waals surface area contributed by atoms with Gasteiger partial charge in [0.05, 0.1) is 16.8 Å². The average molecular weight is 308 g/mol. The Morgan fingerprint density at radius 3 is 2.10 bits per heavy atom. The number of aromatic nitrogens is 1. The Morgan fingerprint density at radius 2 is 1.62 bits per heavy atom. The summed E-state index contributed by atoms with van der Waals surface area (Å²) >= 11 is 0. The summed E-state index contributed by atoms with van der Waals surface area (Å²) in [5, 5.41) is 0. The molecule has 0 bridgehead atoms. The van der Waals surface area contributed by atoms with Crippen LogP contribution in [0.15, 0.2) is 29.3 Å². The van der Waals surface area contributed by atoms with Crippen LogP contribution >= 0.6 is 0 Å². The number of nitrogens with zero attached hydrogens (tertiary/aromatic N) is 1. The molecule has 1 aromatic heterocycles. The van der Waals surface area contributed by atoms with E-state index in [1.165, 1.54) is 6.07 Å². The van der Waals surface area contributed by atoms with E-state index in [0.29, 0.717) is 11.1 Å². The highest BCUT2D eigenvalue weighted by molar-refractivity contribution is 7.92. The summed E-state index contributed by atoms with van der Waals surface area (Å²) in [5.41, 5.74) is 3.47. The van der Waals surface area contributed by atoms with E-state index in [2.05, 4.69) is 9.71 Å². The lowest BCUT2D eigenvalue weighted by Gasteiger charge is -2.16. The summed E-state index contributed by atoms with van der Waals surface area (Å²) in [6.45, 7) is 7.30. The second-order valence-corrected chi connectivity index (χ2v) is 6.68. The molecule has 4 nitrogen and oxygen atoms in total. The van der Waals surface area contributed by atoms with E-state index < -0.39 is 16.0 Å². The predicted octanol–water partition coefficient (Wildman–Crippen LogP) is 3.26. The van der Waals surface area contributed by atoms with Gasteiger partial charge in [-0.05, 0) is 62.1 Å². The van der Waals surface area contributed by atoms with Gasteiger partial charge in [-0.25, -0.2) is 13.4 Å². The van der Waals surface area contributed by atoms with Crippen LogP contribution in [-0.2, 0) is 10.0 Å². The third-order valence-electron chi connectivity index (χ3n) is 3.55. The molecule has 0 saturated heterocycles. The van der Waals surface area contributed by atoms with E-state index in [4.69, 9.17) is 0 Å². The normalized spacial score (nSPS) is 11.5. The zero-order valence-electron chi connectivity index (χ0n) is 12.4. The Hall–Kier alpha value is -1.95. The number of pyridine rings is 1. The molecule has 0 aliphatic heterocycles. The Kier molecular flexibility index (Phi) is 4.00. The molecule has 0 saturated carbocycles. The fourth-order valence-electron chi connectivity index (χ4n) is 2.23. The summed E-state index contributed by atoms with van der Waals surface area (Å²) in [6, 6.07) is 4.41. The van der Waals surface area contributed by atoms with Crippen LogP contribution in [0.5, 0.6) is 0 Å². The highest BCUT2D eigenvalue weighted by atomic mass is 32.2. The lowest BCUT2D eigenvalue weighted by Crippen LogP contribution is -2.17. The third-order valence-corrected chi connectivity index (χ3v) is 5.20. The molecule has 1 heterocycles. The highest BCUT2D eigenvalue weighted by Crippen LogP contribution is 2.27. The number of benzene rings is 1. The van der Waals surface area contributed by atoms with Crippen LogP contribution in [0.1, 0.15) is 22.3 Å². The third kappa shape index (κ3) is 3.05. The smallest absolute Gasteiger partial charge is 0.262 e. The Morgan fingerprint density at radius 1 is 1.05 bits per heavy atom. The second-order valence-electron chi connectivity index (χ2n) is 5.06. The predicted molar refractivity (Wildman–Crippen MR) is 80.4 cm³/mol. The van der Waals surface area contributed by atoms with Gasteiger partial charge in [0.15, 0.2) is 0 Å². The van der Waals surface area contributed by atoms with Crippen LogP contribution < -0.4 is 4.72 Å². The van der Waals surface area contributed by atoms with Gasteiger partial charge in [-0.1, -0.05) is 6.07 Å². The molecule has 0 aliphatic carbocycles. The first-order valence-corrected chi connectivity index (χ1v) is 7.92. The largest absolute Gasteiger partial charge is 0.278 e. The van der Waals surface area contributed by atoms with Gasteiger partial charge in [0, 0.05) is 0 Å². The van der Waals surface area contributed by atoms with Crippen molar-refractivity contribution in [3.63, 3.8) is 0 Å². The molecule has 112 valence electrons. The zero-order valence-corrected chi connectivity index (χ0v) is 13.2. The van der Waals surface area contributed by atoms with E-state index in [9.17, 15) is 12.8 Å². The van der Waals surface area contributed by atoms with Crippen molar-refractivity contribution >= 4 is 15.7 Å². The number of anilines is 1. The summed E-state index contributed by atoms with van der Waals surface area (Å²) in [4.78, 5) is 3.71. The van der Waals surface area contributed by atoms with Crippen molar-refractivity contribution in [3.05, 3.63) is 52.6 Å². The Labute approximate surface area is 124 Å². The van der Waals surface area contributed by atoms with Crippen LogP contribution in [0.2, 0.25) is 0 Å². The highest BCUT2D eigenvalue weighted by Gasteiger charge is 2.22. The molecule has 1 N–H and O–H groups in total. The standard InChI is InChI=1S/C15H17FN2O2S/c1-9-7-10(2)12(4)15(11(9)3)21(19,20)18-13-5-6-14(16)17-8-13/h5-8,18H,1-4H3. The van der Waals surface area contributed by atoms with Gasteiger partial charge in [-0.2, -0.15) is 4.39 Å². The van der Waals surface area contributed by atoms with Gasteiger partial charge in [0.1, 0.15) is 0 Å². The minimum absolute atomic E-state index is 0.231. The number of sulfonamides is 1. The molecule has 0 spiro atoms. The van der Waals surface area contributed by atoms with E-state index in [1.54, 1.807) is 13.8 Å². The van der Waals surface area contributed by atoms with Crippen molar-refractivity contribution in [1.29, 1.82) is 0 Å². The molecule has 1 aromatic carbocycles. The minimum Gasteiger partial charge on any atom is -0.278 e. The minimum atomic E-state index is -3.74. The van der Waals surface area contributed by atoms with Crippen molar-refractivity contribution < 1.29 is 12.8 Å². The van der Waals surface area contributed by atoms with Gasteiger partial charge in [-0.15, -0.1) is 0 Å². The quantitative estimate of drug-likeness (QED) is 0.885. The summed E-state index contributed by atoms with van der Waals surface area (Å²) < 4.78 is 40.4. The zero-order chi connectivity index (χ0) is 15.8. The molecular formula is C15H17FN2O2S. The van der Waals surface area contributed by atoms with Crippen LogP contribution in [0.3, 0.4) is 0 Å². The Bertz CT molecular complexity index is 758. The average Bonchev–Trinajstić information content (AvgIpc) is 2.39. The SMILES string of the molecule is Cc1cc(C)c(C)c(S(=O)(=O)Nc2ccc(F)nc2)c1C. The van der Waals surface area contributed by atoms with Crippen molar-refractivity contribution in [1.82, 2.24) is 4.98 Å². The molecule has 2 aromatic rings. The van der Waals surface area contributed by atoms with Gasteiger partial charge >= 0.3 is 0 Å². The summed E-state index contributed by atoms with van der Waals surface area (Å²) in [7, 11) is -3.74. The first kappa shape index (κ1) is 15.4. The molecule has 0 amide bonds. The molecule has 0 aliphatic rings. The van der Waals surface area contributed by atoms with Crippen LogP contribution in [0, 0.1) is 33.6 Å². The van der Waals surface area contributed by atoms with E-state index in [1.807, 2.05) is 19.9 Å². The topological polar surface area (TPSA) is 59.1 Å². The number of aryl methyl sites for hydroxylation is 2. The van der Waals surface area contributed by atoms with E-state index >= 15 is 0 Å². The fraction of sp³-hybridized carbons (Fsp3) is 0.267. The first-order chi connectivity index (χ1) is 9.72. The first-order valence-electron chi connectivity index (χ1n) is 6.44. The van der Waals surface area contributed by atoms with Crippen molar-refractivity contribution in [2.75, 3.05) is 4.72 Å². The van der Waals surface area contributed by atoms with Gasteiger partial charge in [0.25, 0.3) is 10.0 Å². The maximum Gasteiger partial charge on any atom is 0.262 e. The van der Waals surface area contributed by atoms with E-state index in [0.717, 1.165) is 23.4 Å². The molecule has 0 fully saturated rings. The maximum absolute atomic E-state index is 12.8. The maximum atomic E-state index is 12.8. The molecule has 2 rings (SSSR count). The number of hydrogen-bond acceptors (Lipinski definition) is 3. The monoisotopic (exact) mass is 308 g/mol. The lowest BCUT2D eigenvalue weighted by molar-refractivity contribution is 0.583. The molecule has 0 atom stereocenters. The van der Waals surface area contributed by atoms with Crippen LogP contribution in [0.25, 0.3) is 0 Å². The Balaban J connectivity index is 2.52. The van der Waals surface area contributed by atoms with Crippen molar-refractivity contribution in [2.45, 2.75) is 32.6 Å². The molecular weight excluding hydrogens is 291 g/mol.